The molecule has 3 atom stereocenters. The summed E-state index contributed by atoms with van der Waals surface area (Å²) in [7, 11) is 0. The summed E-state index contributed by atoms with van der Waals surface area (Å²) in [5, 5.41) is 7.30. The van der Waals surface area contributed by atoms with Gasteiger partial charge in [0.2, 0.25) is 5.91 Å². The molecule has 2 aliphatic rings. The van der Waals surface area contributed by atoms with Crippen LogP contribution in [0.3, 0.4) is 0 Å². The van der Waals surface area contributed by atoms with Crippen molar-refractivity contribution in [2.24, 2.45) is 0 Å². The molecular formula is C18H24Cl3N3O2. The van der Waals surface area contributed by atoms with E-state index in [1.807, 2.05) is 0 Å². The van der Waals surface area contributed by atoms with Crippen LogP contribution in [0.5, 0.6) is 0 Å². The summed E-state index contributed by atoms with van der Waals surface area (Å²) in [4.78, 5) is 27.2. The van der Waals surface area contributed by atoms with Crippen LogP contribution in [-0.4, -0.2) is 47.9 Å². The molecule has 2 fully saturated rings. The Bertz CT molecular complexity index is 671. The molecule has 0 aliphatic carbocycles. The monoisotopic (exact) mass is 419 g/mol. The lowest BCUT2D eigenvalue weighted by atomic mass is 10.00. The summed E-state index contributed by atoms with van der Waals surface area (Å²) in [5.41, 5.74) is 0.351. The van der Waals surface area contributed by atoms with Gasteiger partial charge in [-0.25, -0.2) is 0 Å². The summed E-state index contributed by atoms with van der Waals surface area (Å²) in [6.45, 7) is 3.57. The van der Waals surface area contributed by atoms with Crippen LogP contribution in [0.4, 0.5) is 0 Å². The molecule has 0 spiro atoms. The largest absolute Gasteiger partial charge is 0.351 e. The van der Waals surface area contributed by atoms with Crippen LogP contribution in [-0.2, 0) is 4.79 Å². The average Bonchev–Trinajstić information content (AvgIpc) is 3.06. The summed E-state index contributed by atoms with van der Waals surface area (Å²) >= 11 is 12.1. The second kappa shape index (κ2) is 9.27. The maximum atomic E-state index is 12.9. The van der Waals surface area contributed by atoms with Crippen molar-refractivity contribution in [3.8, 4) is 0 Å². The Balaban J connectivity index is 0.00000243. The first kappa shape index (κ1) is 21.3. The van der Waals surface area contributed by atoms with Crippen LogP contribution in [0, 0.1) is 0 Å². The maximum absolute atomic E-state index is 12.9. The highest BCUT2D eigenvalue weighted by molar-refractivity contribution is 6.35. The number of hydrogen-bond donors (Lipinski definition) is 2. The topological polar surface area (TPSA) is 61.4 Å². The SMILES string of the molecule is CC1CC(NC(=O)C2CCCN2C(=O)c2cc(Cl)ccc2Cl)CCN1.Cl. The molecule has 5 nitrogen and oxygen atoms in total. The molecule has 3 rings (SSSR count). The van der Waals surface area contributed by atoms with Crippen molar-refractivity contribution >= 4 is 47.4 Å². The zero-order chi connectivity index (χ0) is 18.0. The first-order valence-electron chi connectivity index (χ1n) is 8.75. The van der Waals surface area contributed by atoms with E-state index in [-0.39, 0.29) is 30.3 Å². The van der Waals surface area contributed by atoms with Gasteiger partial charge in [0.15, 0.2) is 0 Å². The Morgan fingerprint density at radius 2 is 2.04 bits per heavy atom. The molecule has 0 saturated carbocycles. The second-order valence-electron chi connectivity index (χ2n) is 6.87. The van der Waals surface area contributed by atoms with Gasteiger partial charge in [0.25, 0.3) is 5.91 Å². The summed E-state index contributed by atoms with van der Waals surface area (Å²) in [5.74, 6) is -0.299. The fourth-order valence-electron chi connectivity index (χ4n) is 3.66. The number of halogens is 3. The van der Waals surface area contributed by atoms with Gasteiger partial charge in [-0.05, 0) is 57.4 Å². The number of nitrogens with one attached hydrogen (secondary N) is 2. The van der Waals surface area contributed by atoms with Crippen molar-refractivity contribution in [2.75, 3.05) is 13.1 Å². The van der Waals surface area contributed by atoms with Crippen molar-refractivity contribution < 1.29 is 9.59 Å². The molecule has 0 aromatic heterocycles. The summed E-state index contributed by atoms with van der Waals surface area (Å²) in [6.07, 6.45) is 3.31. The average molecular weight is 421 g/mol. The van der Waals surface area contributed by atoms with E-state index in [1.165, 1.54) is 0 Å². The maximum Gasteiger partial charge on any atom is 0.256 e. The summed E-state index contributed by atoms with van der Waals surface area (Å²) < 4.78 is 0. The predicted molar refractivity (Wildman–Crippen MR) is 106 cm³/mol. The van der Waals surface area contributed by atoms with Gasteiger partial charge in [-0.1, -0.05) is 23.2 Å². The Labute approximate surface area is 170 Å². The van der Waals surface area contributed by atoms with E-state index in [1.54, 1.807) is 23.1 Å². The lowest BCUT2D eigenvalue weighted by Gasteiger charge is -2.31. The number of carbonyl (C=O) groups excluding carboxylic acids is 2. The molecule has 8 heteroatoms. The fourth-order valence-corrected chi connectivity index (χ4v) is 4.03. The second-order valence-corrected chi connectivity index (χ2v) is 7.71. The van der Waals surface area contributed by atoms with Crippen LogP contribution < -0.4 is 10.6 Å². The zero-order valence-corrected chi connectivity index (χ0v) is 17.0. The molecule has 3 unspecified atom stereocenters. The van der Waals surface area contributed by atoms with Crippen molar-refractivity contribution in [3.05, 3.63) is 33.8 Å². The van der Waals surface area contributed by atoms with E-state index in [0.717, 1.165) is 25.8 Å². The Kier molecular flexibility index (Phi) is 7.59. The van der Waals surface area contributed by atoms with Crippen molar-refractivity contribution in [2.45, 2.75) is 50.7 Å². The first-order valence-corrected chi connectivity index (χ1v) is 9.51. The normalized spacial score (nSPS) is 25.5. The smallest absolute Gasteiger partial charge is 0.256 e. The molecule has 0 radical (unpaired) electrons. The Hall–Kier alpha value is -1.01. The molecule has 1 aromatic rings. The van der Waals surface area contributed by atoms with Crippen LogP contribution in [0.25, 0.3) is 0 Å². The van der Waals surface area contributed by atoms with E-state index in [4.69, 9.17) is 23.2 Å². The molecule has 2 amide bonds. The third-order valence-electron chi connectivity index (χ3n) is 4.95. The van der Waals surface area contributed by atoms with Crippen LogP contribution in [0.1, 0.15) is 43.0 Å². The minimum absolute atomic E-state index is 0. The highest BCUT2D eigenvalue weighted by Gasteiger charge is 2.36. The van der Waals surface area contributed by atoms with Crippen LogP contribution in [0.15, 0.2) is 18.2 Å². The minimum Gasteiger partial charge on any atom is -0.351 e. The van der Waals surface area contributed by atoms with Gasteiger partial charge in [0, 0.05) is 23.7 Å². The molecule has 1 aromatic carbocycles. The third-order valence-corrected chi connectivity index (χ3v) is 5.51. The van der Waals surface area contributed by atoms with Crippen molar-refractivity contribution in [1.29, 1.82) is 0 Å². The molecule has 2 saturated heterocycles. The summed E-state index contributed by atoms with van der Waals surface area (Å²) in [6, 6.07) is 4.94. The number of hydrogen-bond acceptors (Lipinski definition) is 3. The fraction of sp³-hybridized carbons (Fsp3) is 0.556. The van der Waals surface area contributed by atoms with Gasteiger partial charge in [-0.2, -0.15) is 0 Å². The van der Waals surface area contributed by atoms with E-state index in [2.05, 4.69) is 17.6 Å². The van der Waals surface area contributed by atoms with Gasteiger partial charge in [-0.3, -0.25) is 9.59 Å². The number of piperidine rings is 1. The van der Waals surface area contributed by atoms with Gasteiger partial charge in [0.05, 0.1) is 10.6 Å². The minimum atomic E-state index is -0.437. The van der Waals surface area contributed by atoms with Crippen molar-refractivity contribution in [1.82, 2.24) is 15.5 Å². The first-order chi connectivity index (χ1) is 12.0. The predicted octanol–water partition coefficient (Wildman–Crippen LogP) is 3.28. The molecular weight excluding hydrogens is 397 g/mol. The van der Waals surface area contributed by atoms with E-state index in [0.29, 0.717) is 34.6 Å². The molecule has 144 valence electrons. The van der Waals surface area contributed by atoms with Gasteiger partial charge < -0.3 is 15.5 Å². The lowest BCUT2D eigenvalue weighted by Crippen LogP contribution is -2.52. The highest BCUT2D eigenvalue weighted by Crippen LogP contribution is 2.26. The highest BCUT2D eigenvalue weighted by atomic mass is 35.5. The van der Waals surface area contributed by atoms with Gasteiger partial charge in [0.1, 0.15) is 6.04 Å². The molecule has 2 aliphatic heterocycles. The van der Waals surface area contributed by atoms with Crippen LogP contribution in [0.2, 0.25) is 10.0 Å². The van der Waals surface area contributed by atoms with E-state index in [9.17, 15) is 9.59 Å². The standard InChI is InChI=1S/C18H23Cl2N3O2.ClH/c1-11-9-13(6-7-21-11)22-17(24)16-3-2-8-23(16)18(25)14-10-12(19)4-5-15(14)20;/h4-5,10-11,13,16,21H,2-3,6-9H2,1H3,(H,22,24);1H. The molecule has 26 heavy (non-hydrogen) atoms. The lowest BCUT2D eigenvalue weighted by molar-refractivity contribution is -0.125. The van der Waals surface area contributed by atoms with Gasteiger partial charge >= 0.3 is 0 Å². The number of carbonyl (C=O) groups is 2. The molecule has 2 N–H and O–H groups in total. The van der Waals surface area contributed by atoms with E-state index >= 15 is 0 Å². The Morgan fingerprint density at radius 3 is 2.77 bits per heavy atom. The van der Waals surface area contributed by atoms with Crippen LogP contribution >= 0.6 is 35.6 Å². The Morgan fingerprint density at radius 1 is 1.27 bits per heavy atom. The van der Waals surface area contributed by atoms with Gasteiger partial charge in [-0.15, -0.1) is 12.4 Å². The number of likely N-dealkylation sites (tertiary alicyclic amines) is 1. The third kappa shape index (κ3) is 4.83. The van der Waals surface area contributed by atoms with Crippen molar-refractivity contribution in [3.63, 3.8) is 0 Å². The number of rotatable bonds is 3. The quantitative estimate of drug-likeness (QED) is 0.789. The number of amides is 2. The van der Waals surface area contributed by atoms with E-state index < -0.39 is 6.04 Å². The zero-order valence-electron chi connectivity index (χ0n) is 14.6. The number of nitrogens with zero attached hydrogens (tertiary/aromatic N) is 1. The number of benzene rings is 1. The molecule has 2 heterocycles. The molecule has 0 bridgehead atoms.